The number of aromatic nitrogens is 2. The fourth-order valence-electron chi connectivity index (χ4n) is 2.62. The molecule has 6 heteroatoms. The summed E-state index contributed by atoms with van der Waals surface area (Å²) in [5.41, 5.74) is -0.610. The third-order valence-corrected chi connectivity index (χ3v) is 3.46. The van der Waals surface area contributed by atoms with E-state index in [0.29, 0.717) is 12.4 Å². The summed E-state index contributed by atoms with van der Waals surface area (Å²) in [5, 5.41) is 9.42. The van der Waals surface area contributed by atoms with Gasteiger partial charge in [-0.25, -0.2) is 9.78 Å². The van der Waals surface area contributed by atoms with E-state index in [-0.39, 0.29) is 11.0 Å². The number of rotatable bonds is 2. The summed E-state index contributed by atoms with van der Waals surface area (Å²) in [6.07, 6.45) is 3.05. The highest BCUT2D eigenvalue weighted by Gasteiger charge is 2.43. The Morgan fingerprint density at radius 2 is 2.33 bits per heavy atom. The predicted molar refractivity (Wildman–Crippen MR) is 66.6 cm³/mol. The van der Waals surface area contributed by atoms with Crippen LogP contribution in [-0.2, 0) is 4.79 Å². The Morgan fingerprint density at radius 3 is 2.94 bits per heavy atom. The molecule has 98 valence electrons. The number of nitrogens with zero attached hydrogens (tertiary/aromatic N) is 2. The van der Waals surface area contributed by atoms with Crippen LogP contribution >= 0.6 is 0 Å². The molecule has 1 fully saturated rings. The van der Waals surface area contributed by atoms with E-state index in [1.165, 1.54) is 12.4 Å². The van der Waals surface area contributed by atoms with E-state index in [2.05, 4.69) is 9.97 Å². The number of carboxylic acids is 1. The number of carboxylic acid groups (broad SMARTS) is 1. The number of hydrogen-bond acceptors (Lipinski definition) is 4. The fraction of sp³-hybridized carbons (Fsp3) is 0.583. The van der Waals surface area contributed by atoms with Crippen LogP contribution in [0, 0.1) is 5.41 Å². The van der Waals surface area contributed by atoms with E-state index in [9.17, 15) is 14.7 Å². The number of nitrogens with one attached hydrogen (secondary N) is 1. The highest BCUT2D eigenvalue weighted by Crippen LogP contribution is 2.36. The number of piperidine rings is 1. The summed E-state index contributed by atoms with van der Waals surface area (Å²) < 4.78 is 0. The van der Waals surface area contributed by atoms with Gasteiger partial charge in [-0.15, -0.1) is 0 Å². The van der Waals surface area contributed by atoms with Crippen LogP contribution in [0.15, 0.2) is 17.2 Å². The minimum Gasteiger partial charge on any atom is -0.480 e. The second-order valence-electron chi connectivity index (χ2n) is 5.30. The standard InChI is InChI=1S/C12H17N3O3/c1-12(2)4-3-5-15(10(12)11(17)18)8-6-9(16)14-7-13-8/h6-7,10H,3-5H2,1-2H3,(H,17,18)(H,13,14,16). The highest BCUT2D eigenvalue weighted by molar-refractivity contribution is 5.79. The van der Waals surface area contributed by atoms with Gasteiger partial charge >= 0.3 is 5.97 Å². The van der Waals surface area contributed by atoms with Crippen LogP contribution in [0.5, 0.6) is 0 Å². The molecule has 1 unspecified atom stereocenters. The number of aromatic amines is 1. The summed E-state index contributed by atoms with van der Waals surface area (Å²) in [4.78, 5) is 31.0. The Labute approximate surface area is 105 Å². The number of H-pyrrole nitrogens is 1. The van der Waals surface area contributed by atoms with Gasteiger partial charge in [-0.3, -0.25) is 4.79 Å². The van der Waals surface area contributed by atoms with Crippen LogP contribution in [0.25, 0.3) is 0 Å². The van der Waals surface area contributed by atoms with E-state index in [1.807, 2.05) is 13.8 Å². The molecule has 1 atom stereocenters. The second-order valence-corrected chi connectivity index (χ2v) is 5.30. The Balaban J connectivity index is 2.41. The molecule has 2 N–H and O–H groups in total. The second kappa shape index (κ2) is 4.44. The van der Waals surface area contributed by atoms with Gasteiger partial charge in [0.1, 0.15) is 11.9 Å². The molecule has 0 aromatic carbocycles. The number of hydrogen-bond donors (Lipinski definition) is 2. The zero-order valence-electron chi connectivity index (χ0n) is 10.5. The van der Waals surface area contributed by atoms with Crippen LogP contribution in [0.3, 0.4) is 0 Å². The van der Waals surface area contributed by atoms with Gasteiger partial charge < -0.3 is 15.0 Å². The first-order valence-corrected chi connectivity index (χ1v) is 5.96. The molecule has 0 spiro atoms. The molecule has 1 aromatic rings. The Bertz CT molecular complexity index is 509. The first-order chi connectivity index (χ1) is 8.42. The zero-order chi connectivity index (χ0) is 13.3. The Hall–Kier alpha value is -1.85. The maximum Gasteiger partial charge on any atom is 0.326 e. The quantitative estimate of drug-likeness (QED) is 0.813. The normalized spacial score (nSPS) is 22.8. The van der Waals surface area contributed by atoms with Gasteiger partial charge in [0.2, 0.25) is 0 Å². The van der Waals surface area contributed by atoms with Gasteiger partial charge in [0, 0.05) is 12.6 Å². The first kappa shape index (κ1) is 12.6. The van der Waals surface area contributed by atoms with E-state index in [0.717, 1.165) is 12.8 Å². The largest absolute Gasteiger partial charge is 0.480 e. The molecular formula is C12H17N3O3. The average Bonchev–Trinajstić information content (AvgIpc) is 2.26. The van der Waals surface area contributed by atoms with Crippen molar-refractivity contribution in [1.29, 1.82) is 0 Å². The van der Waals surface area contributed by atoms with Crippen molar-refractivity contribution in [1.82, 2.24) is 9.97 Å². The van der Waals surface area contributed by atoms with Crippen LogP contribution < -0.4 is 10.5 Å². The molecule has 1 aromatic heterocycles. The Kier molecular flexibility index (Phi) is 3.11. The lowest BCUT2D eigenvalue weighted by Crippen LogP contribution is -2.54. The highest BCUT2D eigenvalue weighted by atomic mass is 16.4. The molecule has 18 heavy (non-hydrogen) atoms. The Morgan fingerprint density at radius 1 is 1.61 bits per heavy atom. The van der Waals surface area contributed by atoms with Crippen molar-refractivity contribution in [2.24, 2.45) is 5.41 Å². The molecular weight excluding hydrogens is 234 g/mol. The molecule has 0 radical (unpaired) electrons. The smallest absolute Gasteiger partial charge is 0.326 e. The summed E-state index contributed by atoms with van der Waals surface area (Å²) in [7, 11) is 0. The molecule has 6 nitrogen and oxygen atoms in total. The third-order valence-electron chi connectivity index (χ3n) is 3.46. The SMILES string of the molecule is CC1(C)CCCN(c2cc(=O)[nH]cn2)C1C(=O)O. The van der Waals surface area contributed by atoms with Crippen LogP contribution in [0.1, 0.15) is 26.7 Å². The van der Waals surface area contributed by atoms with E-state index in [4.69, 9.17) is 0 Å². The van der Waals surface area contributed by atoms with Crippen LogP contribution in [-0.4, -0.2) is 33.6 Å². The average molecular weight is 251 g/mol. The molecule has 2 heterocycles. The first-order valence-electron chi connectivity index (χ1n) is 5.96. The topological polar surface area (TPSA) is 86.3 Å². The van der Waals surface area contributed by atoms with Crippen molar-refractivity contribution >= 4 is 11.8 Å². The van der Waals surface area contributed by atoms with Crippen molar-refractivity contribution in [3.63, 3.8) is 0 Å². The van der Waals surface area contributed by atoms with Crippen LogP contribution in [0.4, 0.5) is 5.82 Å². The van der Waals surface area contributed by atoms with Crippen molar-refractivity contribution < 1.29 is 9.90 Å². The number of aliphatic carboxylic acids is 1. The molecule has 0 amide bonds. The van der Waals surface area contributed by atoms with Crippen LogP contribution in [0.2, 0.25) is 0 Å². The van der Waals surface area contributed by atoms with E-state index < -0.39 is 12.0 Å². The third kappa shape index (κ3) is 2.23. The zero-order valence-corrected chi connectivity index (χ0v) is 10.5. The van der Waals surface area contributed by atoms with Gasteiger partial charge in [-0.05, 0) is 18.3 Å². The summed E-state index contributed by atoms with van der Waals surface area (Å²) in [5.74, 6) is -0.444. The lowest BCUT2D eigenvalue weighted by Gasteiger charge is -2.44. The van der Waals surface area contributed by atoms with Crippen molar-refractivity contribution in [3.05, 3.63) is 22.7 Å². The van der Waals surface area contributed by atoms with Crippen molar-refractivity contribution in [2.75, 3.05) is 11.4 Å². The predicted octanol–water partition coefficient (Wildman–Crippen LogP) is 0.849. The van der Waals surface area contributed by atoms with Gasteiger partial charge in [0.05, 0.1) is 6.33 Å². The molecule has 0 aliphatic carbocycles. The van der Waals surface area contributed by atoms with E-state index in [1.54, 1.807) is 4.90 Å². The summed E-state index contributed by atoms with van der Waals surface area (Å²) in [6.45, 7) is 4.48. The van der Waals surface area contributed by atoms with E-state index >= 15 is 0 Å². The van der Waals surface area contributed by atoms with Crippen molar-refractivity contribution in [2.45, 2.75) is 32.7 Å². The summed E-state index contributed by atoms with van der Waals surface area (Å²) in [6, 6.07) is 0.692. The lowest BCUT2D eigenvalue weighted by molar-refractivity contribution is -0.142. The monoisotopic (exact) mass is 251 g/mol. The number of carbonyl (C=O) groups is 1. The maximum atomic E-state index is 11.5. The van der Waals surface area contributed by atoms with Gasteiger partial charge in [-0.2, -0.15) is 0 Å². The van der Waals surface area contributed by atoms with Gasteiger partial charge in [0.15, 0.2) is 0 Å². The molecule has 1 aliphatic rings. The molecule has 0 saturated carbocycles. The molecule has 1 aliphatic heterocycles. The fourth-order valence-corrected chi connectivity index (χ4v) is 2.62. The maximum absolute atomic E-state index is 11.5. The molecule has 1 saturated heterocycles. The number of anilines is 1. The minimum atomic E-state index is -0.873. The van der Waals surface area contributed by atoms with Gasteiger partial charge in [-0.1, -0.05) is 13.8 Å². The summed E-state index contributed by atoms with van der Waals surface area (Å²) >= 11 is 0. The lowest BCUT2D eigenvalue weighted by atomic mass is 9.76. The molecule has 2 rings (SSSR count). The van der Waals surface area contributed by atoms with Crippen molar-refractivity contribution in [3.8, 4) is 0 Å². The minimum absolute atomic E-state index is 0.271. The van der Waals surface area contributed by atoms with Gasteiger partial charge in [0.25, 0.3) is 5.56 Å². The molecule has 0 bridgehead atoms.